The molecule has 1 amide bonds. The molecule has 1 N–H and O–H groups in total. The molecule has 0 spiro atoms. The zero-order valence-electron chi connectivity index (χ0n) is 19.4. The summed E-state index contributed by atoms with van der Waals surface area (Å²) >= 11 is 0. The first kappa shape index (κ1) is 23.6. The summed E-state index contributed by atoms with van der Waals surface area (Å²) in [6.07, 6.45) is 1.82. The Morgan fingerprint density at radius 3 is 2.61 bits per heavy atom. The summed E-state index contributed by atoms with van der Waals surface area (Å²) in [5.41, 5.74) is 0.648. The highest BCUT2D eigenvalue weighted by molar-refractivity contribution is 6.08. The Balaban J connectivity index is 1.62. The van der Waals surface area contributed by atoms with Gasteiger partial charge in [0.2, 0.25) is 5.91 Å². The van der Waals surface area contributed by atoms with E-state index in [0.29, 0.717) is 41.6 Å². The smallest absolute Gasteiger partial charge is 0.232 e. The monoisotopic (exact) mass is 495 g/mol. The third kappa shape index (κ3) is 4.00. The van der Waals surface area contributed by atoms with Crippen LogP contribution in [0.4, 0.5) is 28.9 Å². The van der Waals surface area contributed by atoms with Gasteiger partial charge in [-0.15, -0.1) is 0 Å². The fraction of sp³-hybridized carbons (Fsp3) is 0.185. The van der Waals surface area contributed by atoms with Crippen LogP contribution < -0.4 is 15.0 Å². The first-order chi connectivity index (χ1) is 17.3. The molecule has 4 aromatic rings. The van der Waals surface area contributed by atoms with Crippen LogP contribution >= 0.6 is 0 Å². The number of ether oxygens (including phenoxy) is 1. The standard InChI is InChI=1S/C27H21F4N3O2/c1-34(2)26-17-7-8-19(29)23(18-11-14(28)12-20(30)24(18)31)25(17)32-13-21(26)33-27(35)16-9-10-36-22-6-4-3-5-15(16)22/h3-8,11-13,16H,9-10H2,1-2H3,(H,33,35). The number of halogens is 4. The van der Waals surface area contributed by atoms with Crippen LogP contribution in [0.3, 0.4) is 0 Å². The molecule has 184 valence electrons. The summed E-state index contributed by atoms with van der Waals surface area (Å²) in [4.78, 5) is 19.3. The lowest BCUT2D eigenvalue weighted by Crippen LogP contribution is -2.27. The Morgan fingerprint density at radius 1 is 1.06 bits per heavy atom. The molecule has 9 heteroatoms. The molecule has 36 heavy (non-hydrogen) atoms. The molecule has 1 aliphatic rings. The van der Waals surface area contributed by atoms with Crippen LogP contribution in [-0.2, 0) is 4.79 Å². The lowest BCUT2D eigenvalue weighted by Gasteiger charge is -2.26. The number of carbonyl (C=O) groups is 1. The molecule has 1 aromatic heterocycles. The molecular weight excluding hydrogens is 474 g/mol. The molecule has 0 radical (unpaired) electrons. The van der Waals surface area contributed by atoms with Gasteiger partial charge in [-0.1, -0.05) is 18.2 Å². The van der Waals surface area contributed by atoms with Crippen molar-refractivity contribution in [1.82, 2.24) is 4.98 Å². The number of hydrogen-bond acceptors (Lipinski definition) is 4. The van der Waals surface area contributed by atoms with E-state index in [1.54, 1.807) is 19.0 Å². The second kappa shape index (κ2) is 9.14. The maximum Gasteiger partial charge on any atom is 0.232 e. The number of amides is 1. The van der Waals surface area contributed by atoms with E-state index in [9.17, 15) is 22.4 Å². The summed E-state index contributed by atoms with van der Waals surface area (Å²) in [5.74, 6) is -4.82. The van der Waals surface area contributed by atoms with Crippen molar-refractivity contribution in [1.29, 1.82) is 0 Å². The number of fused-ring (bicyclic) bond motifs is 2. The number of anilines is 2. The van der Waals surface area contributed by atoms with Crippen LogP contribution in [0.1, 0.15) is 17.9 Å². The van der Waals surface area contributed by atoms with E-state index >= 15 is 0 Å². The third-order valence-corrected chi connectivity index (χ3v) is 6.20. The van der Waals surface area contributed by atoms with Crippen molar-refractivity contribution in [2.75, 3.05) is 30.9 Å². The molecule has 3 aromatic carbocycles. The Morgan fingerprint density at radius 2 is 1.83 bits per heavy atom. The quantitative estimate of drug-likeness (QED) is 0.278. The summed E-state index contributed by atoms with van der Waals surface area (Å²) < 4.78 is 63.0. The number of hydrogen-bond donors (Lipinski definition) is 1. The van der Waals surface area contributed by atoms with Crippen molar-refractivity contribution in [3.05, 3.63) is 83.6 Å². The van der Waals surface area contributed by atoms with Gasteiger partial charge in [-0.3, -0.25) is 9.78 Å². The second-order valence-electron chi connectivity index (χ2n) is 8.70. The molecule has 0 aliphatic carbocycles. The molecule has 2 heterocycles. The van der Waals surface area contributed by atoms with Gasteiger partial charge in [-0.05, 0) is 30.7 Å². The Hall–Kier alpha value is -4.14. The fourth-order valence-electron chi connectivity index (χ4n) is 4.63. The Kier molecular flexibility index (Phi) is 5.99. The van der Waals surface area contributed by atoms with E-state index in [4.69, 9.17) is 4.74 Å². The summed E-state index contributed by atoms with van der Waals surface area (Å²) in [7, 11) is 3.44. The Bertz CT molecular complexity index is 1510. The molecule has 5 nitrogen and oxygen atoms in total. The van der Waals surface area contributed by atoms with Crippen LogP contribution in [0.2, 0.25) is 0 Å². The van der Waals surface area contributed by atoms with Gasteiger partial charge in [0.25, 0.3) is 0 Å². The van der Waals surface area contributed by atoms with Gasteiger partial charge in [-0.25, -0.2) is 17.6 Å². The third-order valence-electron chi connectivity index (χ3n) is 6.20. The number of nitrogens with zero attached hydrogens (tertiary/aromatic N) is 2. The maximum atomic E-state index is 14.9. The van der Waals surface area contributed by atoms with Gasteiger partial charge in [0.15, 0.2) is 11.6 Å². The van der Waals surface area contributed by atoms with Gasteiger partial charge in [0.1, 0.15) is 17.4 Å². The van der Waals surface area contributed by atoms with E-state index in [1.807, 2.05) is 24.3 Å². The summed E-state index contributed by atoms with van der Waals surface area (Å²) in [6, 6.07) is 10.9. The van der Waals surface area contributed by atoms with E-state index in [0.717, 1.165) is 17.7 Å². The van der Waals surface area contributed by atoms with Crippen molar-refractivity contribution in [3.63, 3.8) is 0 Å². The van der Waals surface area contributed by atoms with E-state index in [2.05, 4.69) is 10.3 Å². The SMILES string of the molecule is CN(C)c1c(NC(=O)C2CCOc3ccccc32)cnc2c(-c3cc(F)cc(F)c3F)c(F)ccc12. The first-order valence-corrected chi connectivity index (χ1v) is 11.2. The minimum Gasteiger partial charge on any atom is -0.493 e. The molecule has 0 fully saturated rings. The second-order valence-corrected chi connectivity index (χ2v) is 8.70. The van der Waals surface area contributed by atoms with Crippen molar-refractivity contribution < 1.29 is 27.1 Å². The van der Waals surface area contributed by atoms with E-state index < -0.39 is 34.8 Å². The molecule has 1 aliphatic heterocycles. The lowest BCUT2D eigenvalue weighted by molar-refractivity contribution is -0.118. The lowest BCUT2D eigenvalue weighted by atomic mass is 9.92. The summed E-state index contributed by atoms with van der Waals surface area (Å²) in [6.45, 7) is 0.393. The number of benzene rings is 3. The zero-order chi connectivity index (χ0) is 25.6. The number of pyridine rings is 1. The van der Waals surface area contributed by atoms with Gasteiger partial charge < -0.3 is 15.0 Å². The average Bonchev–Trinajstić information content (AvgIpc) is 2.85. The van der Waals surface area contributed by atoms with Gasteiger partial charge in [0, 0.05) is 42.2 Å². The number of aromatic nitrogens is 1. The molecule has 0 saturated heterocycles. The van der Waals surface area contributed by atoms with Crippen molar-refractivity contribution in [2.45, 2.75) is 12.3 Å². The number of carbonyl (C=O) groups excluding carboxylic acids is 1. The minimum atomic E-state index is -1.44. The minimum absolute atomic E-state index is 0.00277. The number of nitrogens with one attached hydrogen (secondary N) is 1. The van der Waals surface area contributed by atoms with Crippen LogP contribution in [0.15, 0.2) is 54.7 Å². The highest BCUT2D eigenvalue weighted by Crippen LogP contribution is 2.40. The Labute approximate surface area is 204 Å². The van der Waals surface area contributed by atoms with Gasteiger partial charge in [0.05, 0.1) is 35.6 Å². The fourth-order valence-corrected chi connectivity index (χ4v) is 4.63. The van der Waals surface area contributed by atoms with Crippen LogP contribution in [0.5, 0.6) is 5.75 Å². The van der Waals surface area contributed by atoms with Crippen LogP contribution in [0, 0.1) is 23.3 Å². The zero-order valence-corrected chi connectivity index (χ0v) is 19.4. The normalized spacial score (nSPS) is 14.8. The van der Waals surface area contributed by atoms with Crippen LogP contribution in [0.25, 0.3) is 22.0 Å². The maximum absolute atomic E-state index is 14.9. The first-order valence-electron chi connectivity index (χ1n) is 11.2. The van der Waals surface area contributed by atoms with E-state index in [1.165, 1.54) is 12.3 Å². The van der Waals surface area contributed by atoms with Gasteiger partial charge in [-0.2, -0.15) is 0 Å². The topological polar surface area (TPSA) is 54.5 Å². The molecule has 0 bridgehead atoms. The highest BCUT2D eigenvalue weighted by Gasteiger charge is 2.29. The van der Waals surface area contributed by atoms with Crippen molar-refractivity contribution in [2.24, 2.45) is 0 Å². The van der Waals surface area contributed by atoms with Crippen molar-refractivity contribution >= 4 is 28.2 Å². The molecule has 1 unspecified atom stereocenters. The van der Waals surface area contributed by atoms with Gasteiger partial charge >= 0.3 is 0 Å². The van der Waals surface area contributed by atoms with E-state index in [-0.39, 0.29) is 17.0 Å². The van der Waals surface area contributed by atoms with Crippen LogP contribution in [-0.4, -0.2) is 31.6 Å². The predicted molar refractivity (Wildman–Crippen MR) is 129 cm³/mol. The number of para-hydroxylation sites is 1. The predicted octanol–water partition coefficient (Wildman–Crippen LogP) is 6.03. The number of rotatable bonds is 4. The molecule has 0 saturated carbocycles. The molecule has 1 atom stereocenters. The highest BCUT2D eigenvalue weighted by atomic mass is 19.2. The van der Waals surface area contributed by atoms with Crippen molar-refractivity contribution in [3.8, 4) is 16.9 Å². The average molecular weight is 495 g/mol. The largest absolute Gasteiger partial charge is 0.493 e. The molecular formula is C27H21F4N3O2. The molecule has 5 rings (SSSR count). The summed E-state index contributed by atoms with van der Waals surface area (Å²) in [5, 5.41) is 3.28.